The summed E-state index contributed by atoms with van der Waals surface area (Å²) in [7, 11) is -3.43. The Hall–Kier alpha value is -2.68. The molecule has 1 N–H and O–H groups in total. The van der Waals surface area contributed by atoms with E-state index >= 15 is 0 Å². The van der Waals surface area contributed by atoms with Crippen LogP contribution in [-0.2, 0) is 10.0 Å². The van der Waals surface area contributed by atoms with Gasteiger partial charge in [0.1, 0.15) is 9.96 Å². The Balaban J connectivity index is 1.44. The first-order valence-corrected chi connectivity index (χ1v) is 13.0. The molecule has 0 unspecified atom stereocenters. The SMILES string of the molecule is CCOc1ccc(NC(=O)c2ccc(-c3ccc(S(=O)(=O)N4CCCCC4)s3)cc2)cc1. The minimum absolute atomic E-state index is 0.208. The maximum absolute atomic E-state index is 12.9. The Bertz CT molecular complexity index is 1160. The molecule has 0 spiro atoms. The van der Waals surface area contributed by atoms with Gasteiger partial charge in [-0.1, -0.05) is 18.6 Å². The fourth-order valence-electron chi connectivity index (χ4n) is 3.64. The molecule has 1 aliphatic rings. The molecule has 32 heavy (non-hydrogen) atoms. The number of benzene rings is 2. The molecule has 0 radical (unpaired) electrons. The summed E-state index contributed by atoms with van der Waals surface area (Å²) < 4.78 is 33.1. The van der Waals surface area contributed by atoms with Crippen molar-refractivity contribution in [3.63, 3.8) is 0 Å². The second-order valence-corrected chi connectivity index (χ2v) is 10.8. The third-order valence-electron chi connectivity index (χ3n) is 5.35. The van der Waals surface area contributed by atoms with Crippen LogP contribution in [0.25, 0.3) is 10.4 Å². The smallest absolute Gasteiger partial charge is 0.255 e. The Labute approximate surface area is 192 Å². The summed E-state index contributed by atoms with van der Waals surface area (Å²) in [5.41, 5.74) is 2.10. The highest BCUT2D eigenvalue weighted by atomic mass is 32.2. The Kier molecular flexibility index (Phi) is 6.93. The average Bonchev–Trinajstić information content (AvgIpc) is 3.32. The number of anilines is 1. The molecule has 0 atom stereocenters. The van der Waals surface area contributed by atoms with Gasteiger partial charge in [0.15, 0.2) is 0 Å². The van der Waals surface area contributed by atoms with Crippen molar-refractivity contribution in [1.82, 2.24) is 4.31 Å². The van der Waals surface area contributed by atoms with Gasteiger partial charge in [-0.15, -0.1) is 11.3 Å². The summed E-state index contributed by atoms with van der Waals surface area (Å²) in [6.07, 6.45) is 2.91. The second kappa shape index (κ2) is 9.85. The van der Waals surface area contributed by atoms with Gasteiger partial charge >= 0.3 is 0 Å². The maximum atomic E-state index is 12.9. The van der Waals surface area contributed by atoms with Gasteiger partial charge in [0.05, 0.1) is 6.61 Å². The second-order valence-electron chi connectivity index (χ2n) is 7.57. The molecule has 3 aromatic rings. The van der Waals surface area contributed by atoms with Crippen LogP contribution in [-0.4, -0.2) is 38.3 Å². The van der Waals surface area contributed by atoms with Gasteiger partial charge in [-0.25, -0.2) is 8.42 Å². The first kappa shape index (κ1) is 22.5. The number of sulfonamides is 1. The van der Waals surface area contributed by atoms with E-state index < -0.39 is 10.0 Å². The molecule has 1 fully saturated rings. The van der Waals surface area contributed by atoms with Crippen LogP contribution in [0, 0.1) is 0 Å². The van der Waals surface area contributed by atoms with E-state index in [0.717, 1.165) is 35.5 Å². The molecule has 8 heteroatoms. The van der Waals surface area contributed by atoms with Crippen LogP contribution < -0.4 is 10.1 Å². The molecular weight excluding hydrogens is 444 g/mol. The Morgan fingerprint density at radius 2 is 1.66 bits per heavy atom. The summed E-state index contributed by atoms with van der Waals surface area (Å²) in [4.78, 5) is 13.4. The van der Waals surface area contributed by atoms with Crippen molar-refractivity contribution < 1.29 is 17.9 Å². The van der Waals surface area contributed by atoms with Crippen molar-refractivity contribution in [2.24, 2.45) is 0 Å². The van der Waals surface area contributed by atoms with Crippen LogP contribution >= 0.6 is 11.3 Å². The number of hydrogen-bond donors (Lipinski definition) is 1. The summed E-state index contributed by atoms with van der Waals surface area (Å²) in [5, 5.41) is 2.87. The van der Waals surface area contributed by atoms with Gasteiger partial charge < -0.3 is 10.1 Å². The normalized spacial score (nSPS) is 14.8. The van der Waals surface area contributed by atoms with Gasteiger partial charge in [0.2, 0.25) is 0 Å². The number of nitrogens with zero attached hydrogens (tertiary/aromatic N) is 1. The standard InChI is InChI=1S/C24H26N2O4S2/c1-2-30-21-12-10-20(11-13-21)25-24(27)19-8-6-18(7-9-19)22-14-15-23(31-22)32(28,29)26-16-4-3-5-17-26/h6-15H,2-5,16-17H2,1H3,(H,25,27). The van der Waals surface area contributed by atoms with Gasteiger partial charge in [-0.2, -0.15) is 4.31 Å². The van der Waals surface area contributed by atoms with Crippen molar-refractivity contribution in [3.8, 4) is 16.2 Å². The van der Waals surface area contributed by atoms with E-state index in [2.05, 4.69) is 5.32 Å². The lowest BCUT2D eigenvalue weighted by atomic mass is 10.1. The van der Waals surface area contributed by atoms with E-state index in [1.807, 2.05) is 37.3 Å². The van der Waals surface area contributed by atoms with Crippen molar-refractivity contribution in [2.75, 3.05) is 25.0 Å². The summed E-state index contributed by atoms with van der Waals surface area (Å²) >= 11 is 1.27. The molecule has 1 aromatic heterocycles. The topological polar surface area (TPSA) is 75.7 Å². The molecule has 1 saturated heterocycles. The number of carbonyl (C=O) groups excluding carboxylic acids is 1. The van der Waals surface area contributed by atoms with Crippen LogP contribution in [0.1, 0.15) is 36.5 Å². The first-order valence-electron chi connectivity index (χ1n) is 10.7. The lowest BCUT2D eigenvalue weighted by Gasteiger charge is -2.25. The zero-order chi connectivity index (χ0) is 22.6. The molecular formula is C24H26N2O4S2. The van der Waals surface area contributed by atoms with Crippen LogP contribution in [0.4, 0.5) is 5.69 Å². The van der Waals surface area contributed by atoms with E-state index in [0.29, 0.717) is 35.2 Å². The lowest BCUT2D eigenvalue weighted by molar-refractivity contribution is 0.102. The van der Waals surface area contributed by atoms with E-state index in [1.165, 1.54) is 11.3 Å². The van der Waals surface area contributed by atoms with Crippen LogP contribution in [0.2, 0.25) is 0 Å². The molecule has 4 rings (SSSR count). The minimum atomic E-state index is -3.43. The van der Waals surface area contributed by atoms with Gasteiger partial charge in [-0.3, -0.25) is 4.79 Å². The summed E-state index contributed by atoms with van der Waals surface area (Å²) in [6.45, 7) is 3.69. The van der Waals surface area contributed by atoms with Crippen molar-refractivity contribution >= 4 is 33.0 Å². The molecule has 0 bridgehead atoms. The average molecular weight is 471 g/mol. The Morgan fingerprint density at radius 1 is 0.969 bits per heavy atom. The molecule has 2 heterocycles. The zero-order valence-electron chi connectivity index (χ0n) is 17.9. The van der Waals surface area contributed by atoms with Gasteiger partial charge in [0, 0.05) is 29.2 Å². The number of hydrogen-bond acceptors (Lipinski definition) is 5. The van der Waals surface area contributed by atoms with Crippen LogP contribution in [0.15, 0.2) is 64.9 Å². The highest BCUT2D eigenvalue weighted by Gasteiger charge is 2.27. The van der Waals surface area contributed by atoms with E-state index in [1.54, 1.807) is 34.6 Å². The number of thiophene rings is 1. The van der Waals surface area contributed by atoms with Gasteiger partial charge in [0.25, 0.3) is 15.9 Å². The highest BCUT2D eigenvalue weighted by Crippen LogP contribution is 2.33. The fraction of sp³-hybridized carbons (Fsp3) is 0.292. The van der Waals surface area contributed by atoms with E-state index in [9.17, 15) is 13.2 Å². The lowest BCUT2D eigenvalue weighted by Crippen LogP contribution is -2.35. The number of rotatable bonds is 7. The zero-order valence-corrected chi connectivity index (χ0v) is 19.5. The van der Waals surface area contributed by atoms with Crippen molar-refractivity contribution in [1.29, 1.82) is 0 Å². The number of piperidine rings is 1. The number of amides is 1. The number of carbonyl (C=O) groups is 1. The summed E-state index contributed by atoms with van der Waals surface area (Å²) in [5.74, 6) is 0.549. The monoisotopic (exact) mass is 470 g/mol. The maximum Gasteiger partial charge on any atom is 0.255 e. The van der Waals surface area contributed by atoms with Crippen molar-refractivity contribution in [2.45, 2.75) is 30.4 Å². The first-order chi connectivity index (χ1) is 15.5. The third-order valence-corrected chi connectivity index (χ3v) is 8.85. The molecule has 0 saturated carbocycles. The largest absolute Gasteiger partial charge is 0.494 e. The third kappa shape index (κ3) is 5.03. The fourth-order valence-corrected chi connectivity index (χ4v) is 6.62. The molecule has 0 aliphatic carbocycles. The quantitative estimate of drug-likeness (QED) is 0.512. The molecule has 2 aromatic carbocycles. The molecule has 1 aliphatic heterocycles. The molecule has 1 amide bonds. The van der Waals surface area contributed by atoms with E-state index in [4.69, 9.17) is 4.74 Å². The van der Waals surface area contributed by atoms with E-state index in [-0.39, 0.29) is 5.91 Å². The number of ether oxygens (including phenoxy) is 1. The van der Waals surface area contributed by atoms with Crippen LogP contribution in [0.5, 0.6) is 5.75 Å². The van der Waals surface area contributed by atoms with Crippen LogP contribution in [0.3, 0.4) is 0 Å². The Morgan fingerprint density at radius 3 is 2.31 bits per heavy atom. The summed E-state index contributed by atoms with van der Waals surface area (Å²) in [6, 6.07) is 17.9. The minimum Gasteiger partial charge on any atom is -0.494 e. The highest BCUT2D eigenvalue weighted by molar-refractivity contribution is 7.91. The predicted octanol–water partition coefficient (Wildman–Crippen LogP) is 5.24. The van der Waals surface area contributed by atoms with Gasteiger partial charge in [-0.05, 0) is 73.9 Å². The number of nitrogens with one attached hydrogen (secondary N) is 1. The van der Waals surface area contributed by atoms with Crippen molar-refractivity contribution in [3.05, 3.63) is 66.2 Å². The predicted molar refractivity (Wildman–Crippen MR) is 128 cm³/mol. The molecule has 168 valence electrons. The molecule has 6 nitrogen and oxygen atoms in total.